The second kappa shape index (κ2) is 5.61. The maximum atomic E-state index is 12.1. The first kappa shape index (κ1) is 13.2. The third kappa shape index (κ3) is 3.16. The van der Waals surface area contributed by atoms with Crippen LogP contribution < -0.4 is 5.32 Å². The number of nitrogens with zero attached hydrogens (tertiary/aromatic N) is 1. The van der Waals surface area contributed by atoms with Crippen molar-refractivity contribution in [3.8, 4) is 0 Å². The van der Waals surface area contributed by atoms with E-state index in [1.807, 2.05) is 24.0 Å². The minimum Gasteiger partial charge on any atom is -0.324 e. The van der Waals surface area contributed by atoms with Crippen LogP contribution in [-0.2, 0) is 0 Å². The first-order chi connectivity index (χ1) is 8.56. The number of halogens is 1. The smallest absolute Gasteiger partial charge is 0.321 e. The van der Waals surface area contributed by atoms with Crippen LogP contribution in [0.2, 0.25) is 5.02 Å². The summed E-state index contributed by atoms with van der Waals surface area (Å²) in [5, 5.41) is 3.58. The number of urea groups is 1. The van der Waals surface area contributed by atoms with E-state index in [0.29, 0.717) is 10.9 Å². The number of carbonyl (C=O) groups is 1. The Morgan fingerprint density at radius 3 is 2.94 bits per heavy atom. The first-order valence-corrected chi connectivity index (χ1v) is 6.76. The van der Waals surface area contributed by atoms with Gasteiger partial charge in [0.2, 0.25) is 0 Å². The van der Waals surface area contributed by atoms with Crippen LogP contribution >= 0.6 is 11.6 Å². The Bertz CT molecular complexity index is 447. The Morgan fingerprint density at radius 2 is 2.28 bits per heavy atom. The van der Waals surface area contributed by atoms with Crippen molar-refractivity contribution in [1.82, 2.24) is 4.90 Å². The quantitative estimate of drug-likeness (QED) is 0.821. The fraction of sp³-hybridized carbons (Fsp3) is 0.500. The molecule has 1 aromatic carbocycles. The molecule has 4 heteroatoms. The van der Waals surface area contributed by atoms with E-state index in [0.717, 1.165) is 30.8 Å². The highest BCUT2D eigenvalue weighted by Crippen LogP contribution is 2.21. The summed E-state index contributed by atoms with van der Waals surface area (Å²) in [5.41, 5.74) is 1.77. The Labute approximate surface area is 113 Å². The highest BCUT2D eigenvalue weighted by atomic mass is 35.5. The molecular weight excluding hydrogens is 248 g/mol. The van der Waals surface area contributed by atoms with Gasteiger partial charge in [-0.1, -0.05) is 24.6 Å². The van der Waals surface area contributed by atoms with Gasteiger partial charge in [0.05, 0.1) is 0 Å². The number of hydrogen-bond acceptors (Lipinski definition) is 1. The normalized spacial score (nSPS) is 19.7. The maximum Gasteiger partial charge on any atom is 0.321 e. The van der Waals surface area contributed by atoms with Crippen LogP contribution in [0.15, 0.2) is 18.2 Å². The molecule has 0 bridgehead atoms. The summed E-state index contributed by atoms with van der Waals surface area (Å²) in [6, 6.07) is 5.56. The molecule has 1 aliphatic heterocycles. The van der Waals surface area contributed by atoms with Crippen LogP contribution in [0.1, 0.15) is 25.3 Å². The first-order valence-electron chi connectivity index (χ1n) is 6.38. The van der Waals surface area contributed by atoms with E-state index in [1.54, 1.807) is 6.07 Å². The van der Waals surface area contributed by atoms with Crippen molar-refractivity contribution < 1.29 is 4.79 Å². The van der Waals surface area contributed by atoms with Gasteiger partial charge in [0.15, 0.2) is 0 Å². The van der Waals surface area contributed by atoms with Crippen molar-refractivity contribution in [2.24, 2.45) is 5.92 Å². The molecule has 18 heavy (non-hydrogen) atoms. The van der Waals surface area contributed by atoms with Crippen molar-refractivity contribution in [3.63, 3.8) is 0 Å². The Morgan fingerprint density at radius 1 is 1.50 bits per heavy atom. The molecule has 0 aliphatic carbocycles. The molecule has 2 amide bonds. The Balaban J connectivity index is 2.00. The molecule has 1 atom stereocenters. The summed E-state index contributed by atoms with van der Waals surface area (Å²) in [4.78, 5) is 14.0. The van der Waals surface area contributed by atoms with Crippen LogP contribution in [0.3, 0.4) is 0 Å². The highest BCUT2D eigenvalue weighted by Gasteiger charge is 2.20. The summed E-state index contributed by atoms with van der Waals surface area (Å²) in [7, 11) is 0. The largest absolute Gasteiger partial charge is 0.324 e. The molecule has 1 aromatic rings. The van der Waals surface area contributed by atoms with Gasteiger partial charge in [0.25, 0.3) is 0 Å². The molecule has 1 fully saturated rings. The molecule has 0 saturated carbocycles. The topological polar surface area (TPSA) is 32.3 Å². The van der Waals surface area contributed by atoms with Crippen molar-refractivity contribution in [2.45, 2.75) is 26.7 Å². The number of hydrogen-bond donors (Lipinski definition) is 1. The minimum absolute atomic E-state index is 0.0264. The van der Waals surface area contributed by atoms with Crippen LogP contribution in [0.25, 0.3) is 0 Å². The lowest BCUT2D eigenvalue weighted by Gasteiger charge is -2.30. The molecule has 0 spiro atoms. The molecule has 1 N–H and O–H groups in total. The van der Waals surface area contributed by atoms with Gasteiger partial charge in [0, 0.05) is 23.8 Å². The Hall–Kier alpha value is -1.22. The van der Waals surface area contributed by atoms with Gasteiger partial charge in [-0.05, 0) is 43.4 Å². The van der Waals surface area contributed by atoms with E-state index >= 15 is 0 Å². The molecule has 2 rings (SSSR count). The lowest BCUT2D eigenvalue weighted by atomic mass is 10.0. The van der Waals surface area contributed by atoms with Gasteiger partial charge in [-0.15, -0.1) is 0 Å². The number of rotatable bonds is 1. The molecule has 0 radical (unpaired) electrons. The molecule has 98 valence electrons. The van der Waals surface area contributed by atoms with Crippen LogP contribution in [0, 0.1) is 12.8 Å². The van der Waals surface area contributed by atoms with Crippen molar-refractivity contribution in [3.05, 3.63) is 28.8 Å². The van der Waals surface area contributed by atoms with Crippen LogP contribution in [-0.4, -0.2) is 24.0 Å². The Kier molecular flexibility index (Phi) is 4.12. The van der Waals surface area contributed by atoms with Crippen molar-refractivity contribution in [2.75, 3.05) is 18.4 Å². The fourth-order valence-corrected chi connectivity index (χ4v) is 2.43. The van der Waals surface area contributed by atoms with Gasteiger partial charge in [-0.3, -0.25) is 0 Å². The zero-order chi connectivity index (χ0) is 13.1. The lowest BCUT2D eigenvalue weighted by molar-refractivity contribution is 0.182. The van der Waals surface area contributed by atoms with Gasteiger partial charge in [0.1, 0.15) is 0 Å². The van der Waals surface area contributed by atoms with Gasteiger partial charge < -0.3 is 10.2 Å². The number of anilines is 1. The standard InChI is InChI=1S/C14H19ClN2O/c1-10-4-3-7-17(9-10)14(18)16-12-6-5-11(2)13(15)8-12/h5-6,8,10H,3-4,7,9H2,1-2H3,(H,16,18)/t10-/m1/s1. The predicted molar refractivity (Wildman–Crippen MR) is 75.2 cm³/mol. The molecule has 0 unspecified atom stereocenters. The van der Waals surface area contributed by atoms with E-state index in [-0.39, 0.29) is 6.03 Å². The predicted octanol–water partition coefficient (Wildman–Crippen LogP) is 3.91. The number of aryl methyl sites for hydroxylation is 1. The monoisotopic (exact) mass is 266 g/mol. The third-order valence-electron chi connectivity index (χ3n) is 3.37. The second-order valence-electron chi connectivity index (χ2n) is 5.09. The SMILES string of the molecule is Cc1ccc(NC(=O)N2CCC[C@@H](C)C2)cc1Cl. The molecule has 3 nitrogen and oxygen atoms in total. The van der Waals surface area contributed by atoms with Crippen molar-refractivity contribution in [1.29, 1.82) is 0 Å². The van der Waals surface area contributed by atoms with Gasteiger partial charge >= 0.3 is 6.03 Å². The summed E-state index contributed by atoms with van der Waals surface area (Å²) in [5.74, 6) is 0.589. The third-order valence-corrected chi connectivity index (χ3v) is 3.77. The summed E-state index contributed by atoms with van der Waals surface area (Å²) < 4.78 is 0. The zero-order valence-electron chi connectivity index (χ0n) is 10.9. The summed E-state index contributed by atoms with van der Waals surface area (Å²) in [6.07, 6.45) is 2.30. The van der Waals surface area contributed by atoms with Gasteiger partial charge in [-0.2, -0.15) is 0 Å². The number of amides is 2. The van der Waals surface area contributed by atoms with E-state index in [2.05, 4.69) is 12.2 Å². The second-order valence-corrected chi connectivity index (χ2v) is 5.49. The molecule has 1 saturated heterocycles. The van der Waals surface area contributed by atoms with E-state index in [9.17, 15) is 4.79 Å². The van der Waals surface area contributed by atoms with Crippen LogP contribution in [0.5, 0.6) is 0 Å². The zero-order valence-corrected chi connectivity index (χ0v) is 11.6. The lowest BCUT2D eigenvalue weighted by Crippen LogP contribution is -2.41. The number of likely N-dealkylation sites (tertiary alicyclic amines) is 1. The van der Waals surface area contributed by atoms with Crippen LogP contribution in [0.4, 0.5) is 10.5 Å². The van der Waals surface area contributed by atoms with E-state index < -0.39 is 0 Å². The number of nitrogens with one attached hydrogen (secondary N) is 1. The fourth-order valence-electron chi connectivity index (χ4n) is 2.25. The number of benzene rings is 1. The molecule has 1 aliphatic rings. The maximum absolute atomic E-state index is 12.1. The highest BCUT2D eigenvalue weighted by molar-refractivity contribution is 6.31. The van der Waals surface area contributed by atoms with E-state index in [4.69, 9.17) is 11.6 Å². The summed E-state index contributed by atoms with van der Waals surface area (Å²) >= 11 is 6.04. The average Bonchev–Trinajstić information content (AvgIpc) is 2.34. The average molecular weight is 267 g/mol. The number of piperidine rings is 1. The molecular formula is C14H19ClN2O. The van der Waals surface area contributed by atoms with Gasteiger partial charge in [-0.25, -0.2) is 4.79 Å². The minimum atomic E-state index is -0.0264. The molecule has 1 heterocycles. The molecule has 0 aromatic heterocycles. The van der Waals surface area contributed by atoms with E-state index in [1.165, 1.54) is 6.42 Å². The number of carbonyl (C=O) groups excluding carboxylic acids is 1. The van der Waals surface area contributed by atoms with Crippen molar-refractivity contribution >= 4 is 23.3 Å². The summed E-state index contributed by atoms with van der Waals surface area (Å²) in [6.45, 7) is 5.81.